The van der Waals surface area contributed by atoms with Gasteiger partial charge >= 0.3 is 0 Å². The molecule has 2 heteroatoms. The van der Waals surface area contributed by atoms with Crippen molar-refractivity contribution in [3.8, 4) is 0 Å². The lowest BCUT2D eigenvalue weighted by Gasteiger charge is -2.12. The summed E-state index contributed by atoms with van der Waals surface area (Å²) in [6.07, 6.45) is 7.06. The Labute approximate surface area is 91.3 Å². The SMILES string of the molecule is CCCCC(CC)CSc1ccco1. The van der Waals surface area contributed by atoms with Gasteiger partial charge in [-0.05, 0) is 24.5 Å². The molecule has 14 heavy (non-hydrogen) atoms. The van der Waals surface area contributed by atoms with Gasteiger partial charge in [-0.1, -0.05) is 44.9 Å². The van der Waals surface area contributed by atoms with E-state index in [9.17, 15) is 0 Å². The van der Waals surface area contributed by atoms with Crippen LogP contribution >= 0.6 is 11.8 Å². The molecular weight excluding hydrogens is 192 g/mol. The summed E-state index contributed by atoms with van der Waals surface area (Å²) in [5, 5.41) is 1.06. The Balaban J connectivity index is 2.20. The number of rotatable bonds is 7. The lowest BCUT2D eigenvalue weighted by molar-refractivity contribution is 0.468. The minimum absolute atomic E-state index is 0.852. The zero-order valence-electron chi connectivity index (χ0n) is 9.16. The van der Waals surface area contributed by atoms with E-state index >= 15 is 0 Å². The molecule has 1 rings (SSSR count). The summed E-state index contributed by atoms with van der Waals surface area (Å²) in [5.74, 6) is 2.05. The molecule has 1 unspecified atom stereocenters. The van der Waals surface area contributed by atoms with E-state index in [4.69, 9.17) is 4.42 Å². The fraction of sp³-hybridized carbons (Fsp3) is 0.667. The van der Waals surface area contributed by atoms with Gasteiger partial charge in [-0.2, -0.15) is 0 Å². The van der Waals surface area contributed by atoms with Crippen molar-refractivity contribution in [2.45, 2.75) is 44.6 Å². The number of hydrogen-bond donors (Lipinski definition) is 0. The summed E-state index contributed by atoms with van der Waals surface area (Å²) < 4.78 is 5.30. The first-order chi connectivity index (χ1) is 6.86. The van der Waals surface area contributed by atoms with Crippen molar-refractivity contribution in [3.05, 3.63) is 18.4 Å². The second-order valence-electron chi connectivity index (χ2n) is 3.66. The summed E-state index contributed by atoms with van der Waals surface area (Å²) in [4.78, 5) is 0. The summed E-state index contributed by atoms with van der Waals surface area (Å²) >= 11 is 1.84. The highest BCUT2D eigenvalue weighted by atomic mass is 32.2. The van der Waals surface area contributed by atoms with Gasteiger partial charge in [-0.15, -0.1) is 0 Å². The molecule has 80 valence electrons. The number of thioether (sulfide) groups is 1. The Bertz CT molecular complexity index is 218. The van der Waals surface area contributed by atoms with Gasteiger partial charge in [0, 0.05) is 5.75 Å². The monoisotopic (exact) mass is 212 g/mol. The second kappa shape index (κ2) is 6.99. The van der Waals surface area contributed by atoms with Crippen LogP contribution in [-0.2, 0) is 0 Å². The Kier molecular flexibility index (Phi) is 5.85. The maximum absolute atomic E-state index is 5.30. The molecule has 1 aromatic heterocycles. The van der Waals surface area contributed by atoms with E-state index in [2.05, 4.69) is 13.8 Å². The average Bonchev–Trinajstić information content (AvgIpc) is 2.71. The summed E-state index contributed by atoms with van der Waals surface area (Å²) in [7, 11) is 0. The average molecular weight is 212 g/mol. The highest BCUT2D eigenvalue weighted by Crippen LogP contribution is 2.24. The molecular formula is C12H20OS. The van der Waals surface area contributed by atoms with E-state index in [-0.39, 0.29) is 0 Å². The van der Waals surface area contributed by atoms with Crippen LogP contribution in [0.15, 0.2) is 27.9 Å². The second-order valence-corrected chi connectivity index (χ2v) is 4.68. The Morgan fingerprint density at radius 1 is 1.43 bits per heavy atom. The molecule has 0 saturated heterocycles. The van der Waals surface area contributed by atoms with Crippen LogP contribution in [0.1, 0.15) is 39.5 Å². The molecule has 1 atom stereocenters. The quantitative estimate of drug-likeness (QED) is 0.613. The summed E-state index contributed by atoms with van der Waals surface area (Å²) in [6.45, 7) is 4.54. The Morgan fingerprint density at radius 3 is 2.86 bits per heavy atom. The molecule has 0 bridgehead atoms. The molecule has 0 N–H and O–H groups in total. The van der Waals surface area contributed by atoms with Gasteiger partial charge in [0.2, 0.25) is 0 Å². The molecule has 0 aromatic carbocycles. The van der Waals surface area contributed by atoms with Crippen molar-refractivity contribution in [2.75, 3.05) is 5.75 Å². The molecule has 0 fully saturated rings. The van der Waals surface area contributed by atoms with Crippen LogP contribution in [-0.4, -0.2) is 5.75 Å². The van der Waals surface area contributed by atoms with E-state index in [0.29, 0.717) is 0 Å². The smallest absolute Gasteiger partial charge is 0.160 e. The molecule has 0 aliphatic heterocycles. The lowest BCUT2D eigenvalue weighted by Crippen LogP contribution is -2.01. The molecule has 0 amide bonds. The Morgan fingerprint density at radius 2 is 2.29 bits per heavy atom. The maximum Gasteiger partial charge on any atom is 0.160 e. The normalized spacial score (nSPS) is 13.0. The maximum atomic E-state index is 5.30. The zero-order chi connectivity index (χ0) is 10.2. The van der Waals surface area contributed by atoms with Gasteiger partial charge in [-0.25, -0.2) is 0 Å². The van der Waals surface area contributed by atoms with Crippen LogP contribution in [0.2, 0.25) is 0 Å². The number of hydrogen-bond acceptors (Lipinski definition) is 2. The van der Waals surface area contributed by atoms with Crippen LogP contribution in [0.5, 0.6) is 0 Å². The van der Waals surface area contributed by atoms with Crippen LogP contribution in [0.4, 0.5) is 0 Å². The Hall–Kier alpha value is -0.370. The van der Waals surface area contributed by atoms with Crippen LogP contribution in [0, 0.1) is 5.92 Å². The third-order valence-electron chi connectivity index (χ3n) is 2.50. The van der Waals surface area contributed by atoms with Gasteiger partial charge in [0.15, 0.2) is 5.09 Å². The van der Waals surface area contributed by atoms with Crippen molar-refractivity contribution in [2.24, 2.45) is 5.92 Å². The molecule has 0 aliphatic rings. The van der Waals surface area contributed by atoms with Crippen molar-refractivity contribution in [3.63, 3.8) is 0 Å². The first-order valence-electron chi connectivity index (χ1n) is 5.53. The van der Waals surface area contributed by atoms with E-state index in [1.807, 2.05) is 23.9 Å². The third kappa shape index (κ3) is 4.23. The predicted octanol–water partition coefficient (Wildman–Crippen LogP) is 4.59. The molecule has 1 aromatic rings. The van der Waals surface area contributed by atoms with Crippen molar-refractivity contribution in [1.29, 1.82) is 0 Å². The van der Waals surface area contributed by atoms with Crippen LogP contribution in [0.25, 0.3) is 0 Å². The van der Waals surface area contributed by atoms with Crippen LogP contribution < -0.4 is 0 Å². The molecule has 0 radical (unpaired) electrons. The van der Waals surface area contributed by atoms with Gasteiger partial charge in [0.1, 0.15) is 0 Å². The molecule has 1 nitrogen and oxygen atoms in total. The summed E-state index contributed by atoms with van der Waals surface area (Å²) in [5.41, 5.74) is 0. The first-order valence-corrected chi connectivity index (χ1v) is 6.51. The highest BCUT2D eigenvalue weighted by molar-refractivity contribution is 7.99. The van der Waals surface area contributed by atoms with E-state index < -0.39 is 0 Å². The topological polar surface area (TPSA) is 13.1 Å². The minimum atomic E-state index is 0.852. The third-order valence-corrected chi connectivity index (χ3v) is 3.65. The first kappa shape index (κ1) is 11.7. The van der Waals surface area contributed by atoms with Gasteiger partial charge in [0.25, 0.3) is 0 Å². The van der Waals surface area contributed by atoms with Gasteiger partial charge < -0.3 is 4.42 Å². The fourth-order valence-electron chi connectivity index (χ4n) is 1.44. The van der Waals surface area contributed by atoms with Crippen molar-refractivity contribution >= 4 is 11.8 Å². The lowest BCUT2D eigenvalue weighted by atomic mass is 10.0. The summed E-state index contributed by atoms with van der Waals surface area (Å²) in [6, 6.07) is 3.99. The molecule has 0 saturated carbocycles. The molecule has 0 spiro atoms. The standard InChI is InChI=1S/C12H20OS/c1-3-5-7-11(4-2)10-14-12-8-6-9-13-12/h6,8-9,11H,3-5,7,10H2,1-2H3. The predicted molar refractivity (Wildman–Crippen MR) is 62.7 cm³/mol. The zero-order valence-corrected chi connectivity index (χ0v) is 9.98. The highest BCUT2D eigenvalue weighted by Gasteiger charge is 2.07. The van der Waals surface area contributed by atoms with Gasteiger partial charge in [-0.3, -0.25) is 0 Å². The number of furan rings is 1. The van der Waals surface area contributed by atoms with Crippen LogP contribution in [0.3, 0.4) is 0 Å². The number of unbranched alkanes of at least 4 members (excludes halogenated alkanes) is 1. The molecule has 1 heterocycles. The fourth-order valence-corrected chi connectivity index (χ4v) is 2.54. The van der Waals surface area contributed by atoms with E-state index in [1.165, 1.54) is 31.4 Å². The van der Waals surface area contributed by atoms with Crippen molar-refractivity contribution in [1.82, 2.24) is 0 Å². The van der Waals surface area contributed by atoms with Crippen molar-refractivity contribution < 1.29 is 4.42 Å². The van der Waals surface area contributed by atoms with Gasteiger partial charge in [0.05, 0.1) is 6.26 Å². The largest absolute Gasteiger partial charge is 0.458 e. The minimum Gasteiger partial charge on any atom is -0.458 e. The van der Waals surface area contributed by atoms with E-state index in [0.717, 1.165) is 11.0 Å². The molecule has 0 aliphatic carbocycles. The van der Waals surface area contributed by atoms with E-state index in [1.54, 1.807) is 6.26 Å².